The normalized spacial score (nSPS) is 15.0. The molecule has 0 spiro atoms. The predicted molar refractivity (Wildman–Crippen MR) is 93.5 cm³/mol. The second kappa shape index (κ2) is 7.47. The highest BCUT2D eigenvalue weighted by molar-refractivity contribution is 5.94. The van der Waals surface area contributed by atoms with Gasteiger partial charge in [-0.05, 0) is 44.5 Å². The number of aromatic nitrogens is 1. The van der Waals surface area contributed by atoms with E-state index in [9.17, 15) is 4.79 Å². The van der Waals surface area contributed by atoms with Gasteiger partial charge in [-0.15, -0.1) is 0 Å². The Kier molecular flexibility index (Phi) is 5.13. The molecule has 0 unspecified atom stereocenters. The molecule has 2 aromatic rings. The number of aryl methyl sites for hydroxylation is 1. The molecule has 122 valence electrons. The van der Waals surface area contributed by atoms with E-state index in [2.05, 4.69) is 35.5 Å². The minimum Gasteiger partial charge on any atom is -0.349 e. The fourth-order valence-electron chi connectivity index (χ4n) is 3.18. The molecule has 1 amide bonds. The molecular formula is C19H25N3O. The highest BCUT2D eigenvalue weighted by atomic mass is 16.1. The summed E-state index contributed by atoms with van der Waals surface area (Å²) in [5.41, 5.74) is 2.98. The molecule has 23 heavy (non-hydrogen) atoms. The molecular weight excluding hydrogens is 286 g/mol. The zero-order valence-electron chi connectivity index (χ0n) is 13.8. The Balaban J connectivity index is 1.66. The molecule has 2 heterocycles. The van der Waals surface area contributed by atoms with Gasteiger partial charge < -0.3 is 14.8 Å². The van der Waals surface area contributed by atoms with E-state index < -0.39 is 0 Å². The van der Waals surface area contributed by atoms with Gasteiger partial charge >= 0.3 is 0 Å². The van der Waals surface area contributed by atoms with Gasteiger partial charge in [-0.2, -0.15) is 0 Å². The van der Waals surface area contributed by atoms with Crippen molar-refractivity contribution in [3.8, 4) is 11.1 Å². The Morgan fingerprint density at radius 3 is 2.57 bits per heavy atom. The summed E-state index contributed by atoms with van der Waals surface area (Å²) in [6.07, 6.45) is 4.63. The van der Waals surface area contributed by atoms with E-state index in [0.717, 1.165) is 29.9 Å². The van der Waals surface area contributed by atoms with Crippen LogP contribution in [0.5, 0.6) is 0 Å². The van der Waals surface area contributed by atoms with E-state index in [4.69, 9.17) is 0 Å². The van der Waals surface area contributed by atoms with Crippen LogP contribution < -0.4 is 5.32 Å². The van der Waals surface area contributed by atoms with Crippen molar-refractivity contribution in [3.63, 3.8) is 0 Å². The summed E-state index contributed by atoms with van der Waals surface area (Å²) < 4.78 is 2.02. The average molecular weight is 311 g/mol. The van der Waals surface area contributed by atoms with Crippen molar-refractivity contribution < 1.29 is 4.79 Å². The Bertz CT molecular complexity index is 642. The van der Waals surface area contributed by atoms with Crippen LogP contribution in [0.3, 0.4) is 0 Å². The Morgan fingerprint density at radius 2 is 1.87 bits per heavy atom. The summed E-state index contributed by atoms with van der Waals surface area (Å²) >= 11 is 0. The molecule has 4 heteroatoms. The first kappa shape index (κ1) is 15.8. The van der Waals surface area contributed by atoms with Crippen LogP contribution in [0.4, 0.5) is 0 Å². The summed E-state index contributed by atoms with van der Waals surface area (Å²) in [6, 6.07) is 12.2. The molecule has 0 bridgehead atoms. The maximum absolute atomic E-state index is 12.5. The lowest BCUT2D eigenvalue weighted by Gasteiger charge is -2.15. The van der Waals surface area contributed by atoms with E-state index in [1.807, 2.05) is 28.8 Å². The van der Waals surface area contributed by atoms with Gasteiger partial charge in [0.15, 0.2) is 0 Å². The predicted octanol–water partition coefficient (Wildman–Crippen LogP) is 3.00. The quantitative estimate of drug-likeness (QED) is 0.890. The van der Waals surface area contributed by atoms with Crippen LogP contribution in [0, 0.1) is 0 Å². The van der Waals surface area contributed by atoms with Crippen LogP contribution >= 0.6 is 0 Å². The first-order valence-electron chi connectivity index (χ1n) is 8.54. The van der Waals surface area contributed by atoms with Crippen molar-refractivity contribution in [2.45, 2.75) is 26.3 Å². The summed E-state index contributed by atoms with van der Waals surface area (Å²) in [5, 5.41) is 3.06. The lowest BCUT2D eigenvalue weighted by molar-refractivity contribution is 0.0940. The third kappa shape index (κ3) is 3.82. The maximum Gasteiger partial charge on any atom is 0.267 e. The van der Waals surface area contributed by atoms with Crippen LogP contribution in [0.2, 0.25) is 0 Å². The van der Waals surface area contributed by atoms with E-state index in [1.165, 1.54) is 25.9 Å². The van der Waals surface area contributed by atoms with Crippen molar-refractivity contribution in [1.82, 2.24) is 14.8 Å². The molecule has 3 rings (SSSR count). The fourth-order valence-corrected chi connectivity index (χ4v) is 3.18. The molecule has 1 aromatic heterocycles. The lowest BCUT2D eigenvalue weighted by atomic mass is 10.1. The third-order valence-corrected chi connectivity index (χ3v) is 4.49. The number of nitrogens with one attached hydrogen (secondary N) is 1. The largest absolute Gasteiger partial charge is 0.349 e. The van der Waals surface area contributed by atoms with E-state index in [1.54, 1.807) is 0 Å². The number of hydrogen-bond acceptors (Lipinski definition) is 2. The highest BCUT2D eigenvalue weighted by Gasteiger charge is 2.15. The molecule has 0 radical (unpaired) electrons. The number of hydrogen-bond donors (Lipinski definition) is 1. The fraction of sp³-hybridized carbons (Fsp3) is 0.421. The van der Waals surface area contributed by atoms with Crippen molar-refractivity contribution >= 4 is 5.91 Å². The number of nitrogens with zero attached hydrogens (tertiary/aromatic N) is 2. The molecule has 1 aromatic carbocycles. The zero-order chi connectivity index (χ0) is 16.1. The minimum atomic E-state index is 0.0215. The lowest BCUT2D eigenvalue weighted by Crippen LogP contribution is -2.34. The van der Waals surface area contributed by atoms with Crippen LogP contribution in [0.25, 0.3) is 11.1 Å². The minimum absolute atomic E-state index is 0.0215. The topological polar surface area (TPSA) is 37.3 Å². The van der Waals surface area contributed by atoms with Gasteiger partial charge in [0.25, 0.3) is 5.91 Å². The van der Waals surface area contributed by atoms with Crippen molar-refractivity contribution in [2.75, 3.05) is 26.2 Å². The average Bonchev–Trinajstić information content (AvgIpc) is 3.25. The van der Waals surface area contributed by atoms with Gasteiger partial charge in [-0.3, -0.25) is 4.79 Å². The highest BCUT2D eigenvalue weighted by Crippen LogP contribution is 2.22. The molecule has 0 saturated carbocycles. The first-order chi connectivity index (χ1) is 11.3. The number of carbonyl (C=O) groups excluding carboxylic acids is 1. The summed E-state index contributed by atoms with van der Waals surface area (Å²) in [4.78, 5) is 14.9. The Labute approximate surface area is 138 Å². The van der Waals surface area contributed by atoms with Crippen LogP contribution in [0.15, 0.2) is 42.6 Å². The van der Waals surface area contributed by atoms with Gasteiger partial charge in [0, 0.05) is 31.4 Å². The summed E-state index contributed by atoms with van der Waals surface area (Å²) in [7, 11) is 0. The van der Waals surface area contributed by atoms with E-state index in [-0.39, 0.29) is 5.91 Å². The van der Waals surface area contributed by atoms with Crippen molar-refractivity contribution in [3.05, 3.63) is 48.3 Å². The van der Waals surface area contributed by atoms with E-state index >= 15 is 0 Å². The first-order valence-corrected chi connectivity index (χ1v) is 8.54. The second-order valence-electron chi connectivity index (χ2n) is 6.07. The molecule has 1 aliphatic rings. The number of amides is 1. The summed E-state index contributed by atoms with van der Waals surface area (Å²) in [5.74, 6) is 0.0215. The van der Waals surface area contributed by atoms with Gasteiger partial charge in [0.2, 0.25) is 0 Å². The summed E-state index contributed by atoms with van der Waals surface area (Å²) in [6.45, 7) is 6.86. The second-order valence-corrected chi connectivity index (χ2v) is 6.07. The number of benzene rings is 1. The van der Waals surface area contributed by atoms with Crippen molar-refractivity contribution in [1.29, 1.82) is 0 Å². The molecule has 1 fully saturated rings. The number of carbonyl (C=O) groups is 1. The molecule has 1 aliphatic heterocycles. The standard InChI is InChI=1S/C19H25N3O/c1-2-22-15-17(16-8-4-3-5-9-16)14-18(22)19(23)20-10-13-21-11-6-7-12-21/h3-5,8-9,14-15H,2,6-7,10-13H2,1H3,(H,20,23). The molecule has 0 atom stereocenters. The molecule has 1 N–H and O–H groups in total. The third-order valence-electron chi connectivity index (χ3n) is 4.49. The van der Waals surface area contributed by atoms with Crippen LogP contribution in [-0.2, 0) is 6.54 Å². The smallest absolute Gasteiger partial charge is 0.267 e. The SMILES string of the molecule is CCn1cc(-c2ccccc2)cc1C(=O)NCCN1CCCC1. The van der Waals surface area contributed by atoms with Crippen molar-refractivity contribution in [2.24, 2.45) is 0 Å². The van der Waals surface area contributed by atoms with Gasteiger partial charge in [0.05, 0.1) is 0 Å². The maximum atomic E-state index is 12.5. The van der Waals surface area contributed by atoms with Crippen LogP contribution in [-0.4, -0.2) is 41.6 Å². The van der Waals surface area contributed by atoms with Gasteiger partial charge in [0.1, 0.15) is 5.69 Å². The zero-order valence-corrected chi connectivity index (χ0v) is 13.8. The molecule has 1 saturated heterocycles. The Hall–Kier alpha value is -2.07. The van der Waals surface area contributed by atoms with Gasteiger partial charge in [-0.1, -0.05) is 30.3 Å². The van der Waals surface area contributed by atoms with E-state index in [0.29, 0.717) is 6.54 Å². The van der Waals surface area contributed by atoms with Crippen LogP contribution in [0.1, 0.15) is 30.3 Å². The molecule has 4 nitrogen and oxygen atoms in total. The number of rotatable bonds is 6. The molecule has 0 aliphatic carbocycles. The Morgan fingerprint density at radius 1 is 1.13 bits per heavy atom. The van der Waals surface area contributed by atoms with Gasteiger partial charge in [-0.25, -0.2) is 0 Å². The number of likely N-dealkylation sites (tertiary alicyclic amines) is 1. The monoisotopic (exact) mass is 311 g/mol.